The van der Waals surface area contributed by atoms with Crippen LogP contribution in [-0.4, -0.2) is 47.7 Å². The molecular weight excluding hydrogens is 328 g/mol. The van der Waals surface area contributed by atoms with Gasteiger partial charge in [0.1, 0.15) is 5.82 Å². The fourth-order valence-corrected chi connectivity index (χ4v) is 4.02. The van der Waals surface area contributed by atoms with E-state index < -0.39 is 0 Å². The van der Waals surface area contributed by atoms with Crippen LogP contribution in [-0.2, 0) is 9.59 Å². The molecule has 3 aliphatic rings. The first-order chi connectivity index (χ1) is 12.6. The van der Waals surface area contributed by atoms with Crippen LogP contribution >= 0.6 is 0 Å². The second-order valence-corrected chi connectivity index (χ2v) is 7.26. The van der Waals surface area contributed by atoms with Crippen LogP contribution in [0.3, 0.4) is 0 Å². The lowest BCUT2D eigenvalue weighted by Crippen LogP contribution is -2.28. The molecule has 1 aliphatic carbocycles. The first-order valence-electron chi connectivity index (χ1n) is 9.38. The number of rotatable bonds is 2. The minimum atomic E-state index is 0.0330. The van der Waals surface area contributed by atoms with Crippen LogP contribution in [0.25, 0.3) is 0 Å². The van der Waals surface area contributed by atoms with Gasteiger partial charge in [0, 0.05) is 54.7 Å². The molecule has 0 amide bonds. The van der Waals surface area contributed by atoms with Crippen molar-refractivity contribution in [2.75, 3.05) is 36.0 Å². The lowest BCUT2D eigenvalue weighted by Gasteiger charge is -2.23. The summed E-state index contributed by atoms with van der Waals surface area (Å²) in [6.45, 7) is 6.91. The van der Waals surface area contributed by atoms with Gasteiger partial charge in [0.25, 0.3) is 0 Å². The third-order valence-corrected chi connectivity index (χ3v) is 5.76. The number of carbonyl (C=O) groups excluding carboxylic acids is 2. The highest BCUT2D eigenvalue weighted by molar-refractivity contribution is 6.24. The van der Waals surface area contributed by atoms with Gasteiger partial charge in [-0.25, -0.2) is 4.98 Å². The molecule has 136 valence electrons. The molecule has 0 unspecified atom stereocenters. The molecule has 1 aromatic heterocycles. The van der Waals surface area contributed by atoms with Gasteiger partial charge in [0.15, 0.2) is 11.6 Å². The SMILES string of the molecule is CC1=C(C)C(=O)C2=C(CCN(c3nccc(N4CCCC4)n3)CC2)C1=O. The van der Waals surface area contributed by atoms with E-state index in [1.54, 1.807) is 20.0 Å². The lowest BCUT2D eigenvalue weighted by atomic mass is 9.83. The van der Waals surface area contributed by atoms with Crippen molar-refractivity contribution in [2.45, 2.75) is 39.5 Å². The Morgan fingerprint density at radius 1 is 0.846 bits per heavy atom. The lowest BCUT2D eigenvalue weighted by molar-refractivity contribution is -0.116. The van der Waals surface area contributed by atoms with Crippen molar-refractivity contribution in [2.24, 2.45) is 0 Å². The van der Waals surface area contributed by atoms with Gasteiger partial charge in [0.05, 0.1) is 0 Å². The molecule has 1 aromatic rings. The minimum Gasteiger partial charge on any atom is -0.356 e. The Morgan fingerprint density at radius 3 is 2.00 bits per heavy atom. The number of aromatic nitrogens is 2. The van der Waals surface area contributed by atoms with Crippen LogP contribution in [0.4, 0.5) is 11.8 Å². The zero-order valence-electron chi connectivity index (χ0n) is 15.4. The summed E-state index contributed by atoms with van der Waals surface area (Å²) < 4.78 is 0. The van der Waals surface area contributed by atoms with Crippen molar-refractivity contribution in [3.63, 3.8) is 0 Å². The van der Waals surface area contributed by atoms with Gasteiger partial charge in [-0.15, -0.1) is 0 Å². The van der Waals surface area contributed by atoms with Crippen LogP contribution in [0.1, 0.15) is 39.5 Å². The molecule has 2 aliphatic heterocycles. The van der Waals surface area contributed by atoms with E-state index in [0.29, 0.717) is 54.2 Å². The maximum Gasteiger partial charge on any atom is 0.227 e. The van der Waals surface area contributed by atoms with Crippen LogP contribution in [0.2, 0.25) is 0 Å². The average Bonchev–Trinajstić information content (AvgIpc) is 3.11. The predicted molar refractivity (Wildman–Crippen MR) is 100 cm³/mol. The van der Waals surface area contributed by atoms with E-state index >= 15 is 0 Å². The van der Waals surface area contributed by atoms with Gasteiger partial charge in [-0.2, -0.15) is 4.98 Å². The number of allylic oxidation sites excluding steroid dienone is 2. The van der Waals surface area contributed by atoms with Crippen molar-refractivity contribution in [1.29, 1.82) is 0 Å². The van der Waals surface area contributed by atoms with Crippen LogP contribution in [0.5, 0.6) is 0 Å². The number of nitrogens with zero attached hydrogens (tertiary/aromatic N) is 4. The van der Waals surface area contributed by atoms with Gasteiger partial charge in [0.2, 0.25) is 5.95 Å². The summed E-state index contributed by atoms with van der Waals surface area (Å²) in [5, 5.41) is 0. The molecule has 0 spiro atoms. The molecule has 1 saturated heterocycles. The summed E-state index contributed by atoms with van der Waals surface area (Å²) in [7, 11) is 0. The normalized spacial score (nSPS) is 21.5. The Morgan fingerprint density at radius 2 is 1.42 bits per heavy atom. The number of anilines is 2. The molecule has 1 fully saturated rings. The highest BCUT2D eigenvalue weighted by Gasteiger charge is 2.32. The molecule has 6 nitrogen and oxygen atoms in total. The summed E-state index contributed by atoms with van der Waals surface area (Å²) >= 11 is 0. The number of hydrogen-bond acceptors (Lipinski definition) is 6. The molecule has 0 aromatic carbocycles. The average molecular weight is 352 g/mol. The molecule has 0 saturated carbocycles. The first kappa shape index (κ1) is 16.9. The van der Waals surface area contributed by atoms with Crippen molar-refractivity contribution < 1.29 is 9.59 Å². The molecule has 26 heavy (non-hydrogen) atoms. The quantitative estimate of drug-likeness (QED) is 0.762. The third kappa shape index (κ3) is 2.83. The number of ketones is 2. The topological polar surface area (TPSA) is 66.4 Å². The molecular formula is C20H24N4O2. The van der Waals surface area contributed by atoms with E-state index in [1.165, 1.54) is 12.8 Å². The molecule has 6 heteroatoms. The Labute approximate surface area is 153 Å². The van der Waals surface area contributed by atoms with E-state index in [2.05, 4.69) is 14.8 Å². The summed E-state index contributed by atoms with van der Waals surface area (Å²) in [6, 6.07) is 1.96. The van der Waals surface area contributed by atoms with Gasteiger partial charge in [-0.05, 0) is 45.6 Å². The smallest absolute Gasteiger partial charge is 0.227 e. The first-order valence-corrected chi connectivity index (χ1v) is 9.38. The van der Waals surface area contributed by atoms with Crippen molar-refractivity contribution in [3.8, 4) is 0 Å². The highest BCUT2D eigenvalue weighted by atomic mass is 16.1. The molecule has 0 atom stereocenters. The summed E-state index contributed by atoms with van der Waals surface area (Å²) in [5.41, 5.74) is 2.57. The van der Waals surface area contributed by atoms with Crippen LogP contribution in [0, 0.1) is 0 Å². The molecule has 3 heterocycles. The Kier molecular flexibility index (Phi) is 4.34. The second kappa shape index (κ2) is 6.67. The highest BCUT2D eigenvalue weighted by Crippen LogP contribution is 2.31. The van der Waals surface area contributed by atoms with Crippen LogP contribution < -0.4 is 9.80 Å². The maximum absolute atomic E-state index is 12.6. The van der Waals surface area contributed by atoms with Crippen molar-refractivity contribution in [3.05, 3.63) is 34.6 Å². The molecule has 0 radical (unpaired) electrons. The Hall–Kier alpha value is -2.50. The number of hydrogen-bond donors (Lipinski definition) is 0. The number of carbonyl (C=O) groups is 2. The van der Waals surface area contributed by atoms with Crippen molar-refractivity contribution >= 4 is 23.3 Å². The zero-order valence-corrected chi connectivity index (χ0v) is 15.4. The minimum absolute atomic E-state index is 0.0330. The van der Waals surface area contributed by atoms with Gasteiger partial charge in [-0.3, -0.25) is 9.59 Å². The standard InChI is InChI=1S/C20H24N4O2/c1-13-14(2)19(26)16-7-12-24(11-6-15(16)18(13)25)20-21-8-5-17(22-20)23-9-3-4-10-23/h5,8H,3-4,6-7,9-12H2,1-2H3. The van der Waals surface area contributed by atoms with Gasteiger partial charge >= 0.3 is 0 Å². The Balaban J connectivity index is 1.55. The summed E-state index contributed by atoms with van der Waals surface area (Å²) in [4.78, 5) is 38.8. The van der Waals surface area contributed by atoms with Crippen molar-refractivity contribution in [1.82, 2.24) is 9.97 Å². The fraction of sp³-hybridized carbons (Fsp3) is 0.500. The third-order valence-electron chi connectivity index (χ3n) is 5.76. The second-order valence-electron chi connectivity index (χ2n) is 7.26. The number of Topliss-reactive ketones (excluding diaryl/α,β-unsaturated/α-hetero) is 2. The largest absolute Gasteiger partial charge is 0.356 e. The fourth-order valence-electron chi connectivity index (χ4n) is 4.02. The molecule has 0 N–H and O–H groups in total. The van der Waals surface area contributed by atoms with Gasteiger partial charge in [-0.1, -0.05) is 0 Å². The predicted octanol–water partition coefficient (Wildman–Crippen LogP) is 2.46. The summed E-state index contributed by atoms with van der Waals surface area (Å²) in [6.07, 6.45) is 5.36. The molecule has 0 bridgehead atoms. The summed E-state index contributed by atoms with van der Waals surface area (Å²) in [5.74, 6) is 1.72. The van der Waals surface area contributed by atoms with Gasteiger partial charge < -0.3 is 9.80 Å². The zero-order chi connectivity index (χ0) is 18.3. The van der Waals surface area contributed by atoms with E-state index in [4.69, 9.17) is 4.98 Å². The van der Waals surface area contributed by atoms with E-state index in [-0.39, 0.29) is 11.6 Å². The Bertz CT molecular complexity index is 796. The van der Waals surface area contributed by atoms with E-state index in [0.717, 1.165) is 18.9 Å². The molecule has 4 rings (SSSR count). The monoisotopic (exact) mass is 352 g/mol. The maximum atomic E-state index is 12.6. The van der Waals surface area contributed by atoms with Crippen LogP contribution in [0.15, 0.2) is 34.6 Å². The van der Waals surface area contributed by atoms with E-state index in [1.807, 2.05) is 6.07 Å². The van der Waals surface area contributed by atoms with E-state index in [9.17, 15) is 9.59 Å².